The molecule has 0 aromatic heterocycles. The summed E-state index contributed by atoms with van der Waals surface area (Å²) in [4.78, 5) is 52.4. The van der Waals surface area contributed by atoms with Crippen molar-refractivity contribution in [1.82, 2.24) is 21.1 Å². The normalized spacial score (nSPS) is 26.4. The second kappa shape index (κ2) is 15.8. The molecule has 0 spiro atoms. The van der Waals surface area contributed by atoms with Crippen LogP contribution >= 0.6 is 0 Å². The molecular weight excluding hydrogens is 496 g/mol. The summed E-state index contributed by atoms with van der Waals surface area (Å²) in [6.45, 7) is 4.39. The van der Waals surface area contributed by atoms with E-state index < -0.39 is 30.0 Å². The van der Waals surface area contributed by atoms with Crippen LogP contribution < -0.4 is 16.1 Å². The molecule has 3 rings (SSSR count). The van der Waals surface area contributed by atoms with E-state index in [0.29, 0.717) is 38.6 Å². The summed E-state index contributed by atoms with van der Waals surface area (Å²) in [6, 6.07) is 7.16. The Hall–Kier alpha value is -3.46. The number of hydrogen-bond donors (Lipinski definition) is 3. The zero-order valence-corrected chi connectivity index (χ0v) is 23.1. The Kier molecular flexibility index (Phi) is 12.2. The van der Waals surface area contributed by atoms with Crippen molar-refractivity contribution in [3.63, 3.8) is 0 Å². The highest BCUT2D eigenvalue weighted by Gasteiger charge is 2.35. The quantitative estimate of drug-likeness (QED) is 0.510. The van der Waals surface area contributed by atoms with Gasteiger partial charge >= 0.3 is 5.97 Å². The second-order valence-corrected chi connectivity index (χ2v) is 10.4. The predicted molar refractivity (Wildman–Crippen MR) is 149 cm³/mol. The lowest BCUT2D eigenvalue weighted by Crippen LogP contribution is -2.62. The molecule has 3 amide bonds. The number of carbonyl (C=O) groups excluding carboxylic acids is 4. The number of nitrogens with one attached hydrogen (secondary N) is 3. The highest BCUT2D eigenvalue weighted by molar-refractivity contribution is 5.92. The van der Waals surface area contributed by atoms with Crippen molar-refractivity contribution >= 4 is 23.7 Å². The van der Waals surface area contributed by atoms with Crippen LogP contribution in [0.2, 0.25) is 0 Å². The molecule has 1 aromatic rings. The van der Waals surface area contributed by atoms with Gasteiger partial charge in [0.2, 0.25) is 11.8 Å². The number of ether oxygens (including phenoxy) is 1. The molecule has 3 atom stereocenters. The Morgan fingerprint density at radius 3 is 2.44 bits per heavy atom. The Morgan fingerprint density at radius 1 is 0.949 bits per heavy atom. The second-order valence-electron chi connectivity index (χ2n) is 10.4. The summed E-state index contributed by atoms with van der Waals surface area (Å²) in [5, 5.41) is 7.19. The molecule has 1 saturated heterocycles. The fraction of sp³-hybridized carbons (Fsp3) is 0.533. The van der Waals surface area contributed by atoms with Gasteiger partial charge in [-0.3, -0.25) is 24.2 Å². The number of hydrogen-bond acceptors (Lipinski definition) is 6. The zero-order chi connectivity index (χ0) is 28.0. The third-order valence-electron chi connectivity index (χ3n) is 6.84. The maximum absolute atomic E-state index is 13.7. The molecule has 0 aliphatic carbocycles. The van der Waals surface area contributed by atoms with Crippen molar-refractivity contribution in [2.24, 2.45) is 5.92 Å². The SMILES string of the molecule is CC(C)[C@@H]1NC(=O)CCCC/C=C/C=C/CCOC(=O)[C@@H]2CCCN(N2)C(=O)[C@H](Cc2ccccc2)NC1=O. The van der Waals surface area contributed by atoms with Crippen LogP contribution in [0.1, 0.15) is 64.4 Å². The Bertz CT molecular complexity index is 1020. The average Bonchev–Trinajstić information content (AvgIpc) is 2.93. The van der Waals surface area contributed by atoms with Crippen LogP contribution in [-0.2, 0) is 30.3 Å². The van der Waals surface area contributed by atoms with E-state index in [4.69, 9.17) is 4.74 Å². The van der Waals surface area contributed by atoms with Crippen molar-refractivity contribution in [2.75, 3.05) is 13.2 Å². The predicted octanol–water partition coefficient (Wildman–Crippen LogP) is 2.97. The fourth-order valence-electron chi connectivity index (χ4n) is 4.62. The van der Waals surface area contributed by atoms with Gasteiger partial charge in [-0.15, -0.1) is 0 Å². The van der Waals surface area contributed by atoms with Crippen LogP contribution in [0.3, 0.4) is 0 Å². The summed E-state index contributed by atoms with van der Waals surface area (Å²) in [6.07, 6.45) is 12.6. The molecule has 39 heavy (non-hydrogen) atoms. The first-order valence-electron chi connectivity index (χ1n) is 14.0. The molecule has 212 valence electrons. The standard InChI is InChI=1S/C30H42N4O5/c1-22(2)27-28(36)31-25(21-23-15-10-9-11-16-23)29(37)34-19-14-17-24(33-34)30(38)39-20-13-8-6-4-3-5-7-12-18-26(35)32-27/h3-4,6,8-11,15-16,22,24-25,27,33H,5,7,12-14,17-21H2,1-2H3,(H,31,36)(H,32,35)/b4-3+,8-6+/t24-,25-,27-/m0/s1. The molecular formula is C30H42N4O5. The van der Waals surface area contributed by atoms with E-state index in [1.807, 2.05) is 68.5 Å². The Balaban J connectivity index is 1.81. The fourth-order valence-corrected chi connectivity index (χ4v) is 4.62. The first kappa shape index (κ1) is 30.1. The number of benzene rings is 1. The molecule has 2 aliphatic heterocycles. The van der Waals surface area contributed by atoms with Crippen molar-refractivity contribution < 1.29 is 23.9 Å². The smallest absolute Gasteiger partial charge is 0.324 e. The van der Waals surface area contributed by atoms with Gasteiger partial charge in [0, 0.05) is 19.4 Å². The minimum absolute atomic E-state index is 0.172. The summed E-state index contributed by atoms with van der Waals surface area (Å²) in [5.41, 5.74) is 3.91. The van der Waals surface area contributed by atoms with E-state index in [2.05, 4.69) is 16.1 Å². The lowest BCUT2D eigenvalue weighted by Gasteiger charge is -2.35. The molecule has 9 nitrogen and oxygen atoms in total. The van der Waals surface area contributed by atoms with Gasteiger partial charge in [0.05, 0.1) is 6.61 Å². The first-order valence-corrected chi connectivity index (χ1v) is 14.0. The van der Waals surface area contributed by atoms with Gasteiger partial charge in [0.15, 0.2) is 0 Å². The van der Waals surface area contributed by atoms with Crippen LogP contribution in [0.5, 0.6) is 0 Å². The maximum atomic E-state index is 13.7. The zero-order valence-electron chi connectivity index (χ0n) is 23.1. The molecule has 0 saturated carbocycles. The Morgan fingerprint density at radius 2 is 1.69 bits per heavy atom. The van der Waals surface area contributed by atoms with Crippen molar-refractivity contribution in [3.05, 3.63) is 60.2 Å². The van der Waals surface area contributed by atoms with Gasteiger partial charge in [0.25, 0.3) is 5.91 Å². The van der Waals surface area contributed by atoms with Crippen LogP contribution in [0.25, 0.3) is 0 Å². The van der Waals surface area contributed by atoms with E-state index in [1.54, 1.807) is 0 Å². The monoisotopic (exact) mass is 538 g/mol. The van der Waals surface area contributed by atoms with E-state index in [-0.39, 0.29) is 30.8 Å². The van der Waals surface area contributed by atoms with Gasteiger partial charge in [-0.05, 0) is 50.0 Å². The summed E-state index contributed by atoms with van der Waals surface area (Å²) < 4.78 is 5.44. The minimum atomic E-state index is -0.880. The van der Waals surface area contributed by atoms with Crippen LogP contribution in [0.4, 0.5) is 0 Å². The van der Waals surface area contributed by atoms with E-state index >= 15 is 0 Å². The number of nitrogens with zero attached hydrogens (tertiary/aromatic N) is 1. The van der Waals surface area contributed by atoms with Crippen LogP contribution in [0.15, 0.2) is 54.6 Å². The molecule has 2 heterocycles. The minimum Gasteiger partial charge on any atom is -0.464 e. The third-order valence-corrected chi connectivity index (χ3v) is 6.84. The third kappa shape index (κ3) is 9.98. The van der Waals surface area contributed by atoms with Crippen LogP contribution in [-0.4, -0.2) is 60.0 Å². The molecule has 9 heteroatoms. The van der Waals surface area contributed by atoms with Gasteiger partial charge in [-0.2, -0.15) is 0 Å². The topological polar surface area (TPSA) is 117 Å². The van der Waals surface area contributed by atoms with E-state index in [9.17, 15) is 19.2 Å². The molecule has 3 N–H and O–H groups in total. The number of esters is 1. The number of cyclic esters (lactones) is 1. The molecule has 2 bridgehead atoms. The first-order chi connectivity index (χ1) is 18.8. The van der Waals surface area contributed by atoms with E-state index in [0.717, 1.165) is 18.4 Å². The number of hydrazine groups is 1. The maximum Gasteiger partial charge on any atom is 0.324 e. The molecule has 1 fully saturated rings. The lowest BCUT2D eigenvalue weighted by atomic mass is 10.00. The number of fused-ring (bicyclic) bond motifs is 2. The van der Waals surface area contributed by atoms with Crippen molar-refractivity contribution in [1.29, 1.82) is 0 Å². The Labute approximate surface area is 231 Å². The molecule has 1 aromatic carbocycles. The average molecular weight is 539 g/mol. The van der Waals surface area contributed by atoms with Gasteiger partial charge < -0.3 is 15.4 Å². The molecule has 0 radical (unpaired) electrons. The van der Waals surface area contributed by atoms with Crippen molar-refractivity contribution in [2.45, 2.75) is 83.3 Å². The number of allylic oxidation sites excluding steroid dienone is 3. The van der Waals surface area contributed by atoms with Gasteiger partial charge in [0.1, 0.15) is 18.1 Å². The van der Waals surface area contributed by atoms with Gasteiger partial charge in [-0.1, -0.05) is 68.5 Å². The largest absolute Gasteiger partial charge is 0.464 e. The lowest BCUT2D eigenvalue weighted by molar-refractivity contribution is -0.153. The number of amides is 3. The van der Waals surface area contributed by atoms with Gasteiger partial charge in [-0.25, -0.2) is 5.43 Å². The van der Waals surface area contributed by atoms with E-state index in [1.165, 1.54) is 5.01 Å². The molecule has 2 aliphatic rings. The van der Waals surface area contributed by atoms with Crippen molar-refractivity contribution in [3.8, 4) is 0 Å². The number of carbonyl (C=O) groups is 4. The molecule has 0 unspecified atom stereocenters. The highest BCUT2D eigenvalue weighted by Crippen LogP contribution is 2.14. The summed E-state index contributed by atoms with van der Waals surface area (Å²) >= 11 is 0. The number of rotatable bonds is 3. The highest BCUT2D eigenvalue weighted by atomic mass is 16.5. The summed E-state index contributed by atoms with van der Waals surface area (Å²) in [7, 11) is 0. The van der Waals surface area contributed by atoms with Crippen LogP contribution in [0, 0.1) is 5.92 Å². The summed E-state index contributed by atoms with van der Waals surface area (Å²) in [5.74, 6) is -1.49.